The van der Waals surface area contributed by atoms with E-state index >= 15 is 0 Å². The summed E-state index contributed by atoms with van der Waals surface area (Å²) < 4.78 is 10.9. The lowest BCUT2D eigenvalue weighted by molar-refractivity contribution is -0.120. The van der Waals surface area contributed by atoms with E-state index in [1.807, 2.05) is 43.5 Å². The quantitative estimate of drug-likeness (QED) is 0.670. The van der Waals surface area contributed by atoms with Crippen molar-refractivity contribution in [1.82, 2.24) is 10.3 Å². The molecule has 1 amide bonds. The summed E-state index contributed by atoms with van der Waals surface area (Å²) in [7, 11) is 0. The van der Waals surface area contributed by atoms with Gasteiger partial charge in [-0.1, -0.05) is 17.7 Å². The Morgan fingerprint density at radius 1 is 1.29 bits per heavy atom. The van der Waals surface area contributed by atoms with Crippen molar-refractivity contribution in [2.24, 2.45) is 0 Å². The molecule has 0 aliphatic heterocycles. The minimum atomic E-state index is -0.0113. The van der Waals surface area contributed by atoms with E-state index in [1.54, 1.807) is 0 Å². The van der Waals surface area contributed by atoms with Crippen molar-refractivity contribution < 1.29 is 14.3 Å². The Kier molecular flexibility index (Phi) is 7.71. The highest BCUT2D eigenvalue weighted by Crippen LogP contribution is 2.16. The molecule has 1 N–H and O–H groups in total. The van der Waals surface area contributed by atoms with Gasteiger partial charge in [0.05, 0.1) is 12.1 Å². The number of benzene rings is 1. The van der Waals surface area contributed by atoms with Crippen molar-refractivity contribution >= 4 is 17.2 Å². The summed E-state index contributed by atoms with van der Waals surface area (Å²) in [4.78, 5) is 16.3. The van der Waals surface area contributed by atoms with Crippen LogP contribution in [0.4, 0.5) is 0 Å². The number of hydrogen-bond donors (Lipinski definition) is 1. The van der Waals surface area contributed by atoms with Crippen LogP contribution in [0.25, 0.3) is 0 Å². The molecule has 0 aliphatic rings. The predicted octanol–water partition coefficient (Wildman–Crippen LogP) is 3.12. The van der Waals surface area contributed by atoms with Crippen LogP contribution in [0.15, 0.2) is 29.6 Å². The van der Waals surface area contributed by atoms with Crippen molar-refractivity contribution in [3.63, 3.8) is 0 Å². The largest absolute Gasteiger partial charge is 0.486 e. The molecular formula is C18H24N2O3S. The summed E-state index contributed by atoms with van der Waals surface area (Å²) in [5.41, 5.74) is 1.98. The van der Waals surface area contributed by atoms with Gasteiger partial charge < -0.3 is 14.8 Å². The topological polar surface area (TPSA) is 60.5 Å². The average molecular weight is 348 g/mol. The van der Waals surface area contributed by atoms with Crippen LogP contribution in [0, 0.1) is 6.92 Å². The third-order valence-electron chi connectivity index (χ3n) is 3.32. The SMILES string of the molecule is CCOCCCNC(=O)Cc1csc(COc2ccc(C)cc2)n1. The highest BCUT2D eigenvalue weighted by Gasteiger charge is 2.08. The first-order chi connectivity index (χ1) is 11.7. The normalized spacial score (nSPS) is 10.6. The van der Waals surface area contributed by atoms with Crippen LogP contribution in [0.2, 0.25) is 0 Å². The third-order valence-corrected chi connectivity index (χ3v) is 4.19. The molecule has 0 fully saturated rings. The zero-order chi connectivity index (χ0) is 17.2. The third kappa shape index (κ3) is 6.68. The number of rotatable bonds is 10. The van der Waals surface area contributed by atoms with Crippen molar-refractivity contribution in [2.75, 3.05) is 19.8 Å². The number of hydrogen-bond acceptors (Lipinski definition) is 5. The number of amides is 1. The van der Waals surface area contributed by atoms with Gasteiger partial charge >= 0.3 is 0 Å². The van der Waals surface area contributed by atoms with Crippen LogP contribution in [0.1, 0.15) is 29.6 Å². The summed E-state index contributed by atoms with van der Waals surface area (Å²) in [6.07, 6.45) is 1.13. The molecule has 2 rings (SSSR count). The summed E-state index contributed by atoms with van der Waals surface area (Å²) in [6.45, 7) is 6.43. The lowest BCUT2D eigenvalue weighted by Crippen LogP contribution is -2.27. The molecule has 0 radical (unpaired) electrons. The lowest BCUT2D eigenvalue weighted by Gasteiger charge is -2.04. The summed E-state index contributed by atoms with van der Waals surface area (Å²) in [6, 6.07) is 7.91. The number of ether oxygens (including phenoxy) is 2. The monoisotopic (exact) mass is 348 g/mol. The molecule has 130 valence electrons. The minimum Gasteiger partial charge on any atom is -0.486 e. The van der Waals surface area contributed by atoms with Crippen LogP contribution in [-0.4, -0.2) is 30.6 Å². The molecule has 0 saturated heterocycles. The Morgan fingerprint density at radius 3 is 2.83 bits per heavy atom. The highest BCUT2D eigenvalue weighted by molar-refractivity contribution is 7.09. The number of carbonyl (C=O) groups excluding carboxylic acids is 1. The molecule has 5 nitrogen and oxygen atoms in total. The molecular weight excluding hydrogens is 324 g/mol. The maximum atomic E-state index is 11.8. The first kappa shape index (κ1) is 18.4. The fourth-order valence-electron chi connectivity index (χ4n) is 2.05. The second kappa shape index (κ2) is 10.1. The number of carbonyl (C=O) groups is 1. The van der Waals surface area contributed by atoms with Crippen LogP contribution in [0.5, 0.6) is 5.75 Å². The van der Waals surface area contributed by atoms with Crippen molar-refractivity contribution in [1.29, 1.82) is 0 Å². The van der Waals surface area contributed by atoms with Gasteiger partial charge in [-0.2, -0.15) is 0 Å². The second-order valence-corrected chi connectivity index (χ2v) is 6.35. The van der Waals surface area contributed by atoms with Gasteiger partial charge in [0.25, 0.3) is 0 Å². The van der Waals surface area contributed by atoms with E-state index in [9.17, 15) is 4.79 Å². The molecule has 0 bridgehead atoms. The van der Waals surface area contributed by atoms with Gasteiger partial charge in [-0.05, 0) is 32.4 Å². The maximum absolute atomic E-state index is 11.8. The molecule has 0 aliphatic carbocycles. The minimum absolute atomic E-state index is 0.0113. The zero-order valence-electron chi connectivity index (χ0n) is 14.2. The summed E-state index contributed by atoms with van der Waals surface area (Å²) in [5.74, 6) is 0.812. The lowest BCUT2D eigenvalue weighted by atomic mass is 10.2. The Labute approximate surface area is 147 Å². The highest BCUT2D eigenvalue weighted by atomic mass is 32.1. The fraction of sp³-hybridized carbons (Fsp3) is 0.444. The van der Waals surface area contributed by atoms with E-state index in [0.29, 0.717) is 32.8 Å². The van der Waals surface area contributed by atoms with Gasteiger partial charge in [-0.3, -0.25) is 4.79 Å². The number of nitrogens with one attached hydrogen (secondary N) is 1. The molecule has 6 heteroatoms. The smallest absolute Gasteiger partial charge is 0.226 e. The fourth-order valence-corrected chi connectivity index (χ4v) is 2.75. The number of aryl methyl sites for hydroxylation is 1. The molecule has 1 aromatic carbocycles. The molecule has 0 unspecified atom stereocenters. The molecule has 0 spiro atoms. The van der Waals surface area contributed by atoms with Gasteiger partial charge in [-0.15, -0.1) is 11.3 Å². The van der Waals surface area contributed by atoms with Gasteiger partial charge in [0.1, 0.15) is 17.4 Å². The van der Waals surface area contributed by atoms with Crippen LogP contribution >= 0.6 is 11.3 Å². The van der Waals surface area contributed by atoms with E-state index in [4.69, 9.17) is 9.47 Å². The van der Waals surface area contributed by atoms with E-state index in [-0.39, 0.29) is 5.91 Å². The molecule has 0 saturated carbocycles. The molecule has 1 heterocycles. The Morgan fingerprint density at radius 2 is 2.08 bits per heavy atom. The summed E-state index contributed by atoms with van der Waals surface area (Å²) >= 11 is 1.51. The Hall–Kier alpha value is -1.92. The van der Waals surface area contributed by atoms with Crippen LogP contribution < -0.4 is 10.1 Å². The van der Waals surface area contributed by atoms with Gasteiger partial charge in [0, 0.05) is 25.1 Å². The van der Waals surface area contributed by atoms with Crippen LogP contribution in [0.3, 0.4) is 0 Å². The van der Waals surface area contributed by atoms with E-state index in [2.05, 4.69) is 10.3 Å². The van der Waals surface area contributed by atoms with Crippen molar-refractivity contribution in [3.8, 4) is 5.75 Å². The molecule has 1 aromatic heterocycles. The molecule has 0 atom stereocenters. The van der Waals surface area contributed by atoms with Gasteiger partial charge in [0.2, 0.25) is 5.91 Å². The van der Waals surface area contributed by atoms with E-state index in [1.165, 1.54) is 16.9 Å². The summed E-state index contributed by atoms with van der Waals surface area (Å²) in [5, 5.41) is 5.66. The number of aromatic nitrogens is 1. The first-order valence-corrected chi connectivity index (χ1v) is 9.02. The average Bonchev–Trinajstić information content (AvgIpc) is 3.01. The predicted molar refractivity (Wildman–Crippen MR) is 95.4 cm³/mol. The van der Waals surface area contributed by atoms with Crippen LogP contribution in [-0.2, 0) is 22.6 Å². The maximum Gasteiger partial charge on any atom is 0.226 e. The van der Waals surface area contributed by atoms with Gasteiger partial charge in [-0.25, -0.2) is 4.98 Å². The standard InChI is InChI=1S/C18H24N2O3S/c1-3-22-10-4-9-19-17(21)11-15-13-24-18(20-15)12-23-16-7-5-14(2)6-8-16/h5-8,13H,3-4,9-12H2,1-2H3,(H,19,21). The Bertz CT molecular complexity index is 625. The van der Waals surface area contributed by atoms with Crippen molar-refractivity contribution in [2.45, 2.75) is 33.3 Å². The van der Waals surface area contributed by atoms with Gasteiger partial charge in [0.15, 0.2) is 0 Å². The zero-order valence-corrected chi connectivity index (χ0v) is 15.0. The first-order valence-electron chi connectivity index (χ1n) is 8.14. The number of nitrogens with zero attached hydrogens (tertiary/aromatic N) is 1. The second-order valence-electron chi connectivity index (χ2n) is 5.41. The Balaban J connectivity index is 1.70. The molecule has 24 heavy (non-hydrogen) atoms. The number of thiazole rings is 1. The van der Waals surface area contributed by atoms with E-state index < -0.39 is 0 Å². The molecule has 2 aromatic rings. The van der Waals surface area contributed by atoms with E-state index in [0.717, 1.165) is 22.9 Å². The van der Waals surface area contributed by atoms with Crippen molar-refractivity contribution in [3.05, 3.63) is 45.9 Å².